The second-order valence-corrected chi connectivity index (χ2v) is 4.76. The predicted octanol–water partition coefficient (Wildman–Crippen LogP) is 0.738. The van der Waals surface area contributed by atoms with Crippen molar-refractivity contribution in [1.29, 1.82) is 0 Å². The lowest BCUT2D eigenvalue weighted by Crippen LogP contribution is -2.22. The number of hydrogen-bond donors (Lipinski definition) is 2. The van der Waals surface area contributed by atoms with Gasteiger partial charge in [0.2, 0.25) is 0 Å². The van der Waals surface area contributed by atoms with Gasteiger partial charge >= 0.3 is 5.97 Å². The summed E-state index contributed by atoms with van der Waals surface area (Å²) in [5.74, 6) is -0.664. The SMILES string of the molecule is COC(=O)CC(O)C(O)c1cnn(-c2ccccc2[N+](=O)[O-])c1. The molecule has 9 heteroatoms. The lowest BCUT2D eigenvalue weighted by molar-refractivity contribution is -0.384. The van der Waals surface area contributed by atoms with Crippen LogP contribution in [0, 0.1) is 10.1 Å². The highest BCUT2D eigenvalue weighted by atomic mass is 16.6. The molecule has 23 heavy (non-hydrogen) atoms. The van der Waals surface area contributed by atoms with Gasteiger partial charge in [0, 0.05) is 17.8 Å². The van der Waals surface area contributed by atoms with E-state index in [0.717, 1.165) is 0 Å². The molecule has 0 saturated heterocycles. The molecule has 122 valence electrons. The van der Waals surface area contributed by atoms with Gasteiger partial charge in [-0.2, -0.15) is 5.10 Å². The number of carbonyl (C=O) groups excluding carboxylic acids is 1. The number of para-hydroxylation sites is 2. The van der Waals surface area contributed by atoms with Gasteiger partial charge in [0.25, 0.3) is 5.69 Å². The maximum atomic E-state index is 11.1. The summed E-state index contributed by atoms with van der Waals surface area (Å²) in [4.78, 5) is 21.6. The second-order valence-electron chi connectivity index (χ2n) is 4.76. The number of carbonyl (C=O) groups is 1. The first kappa shape index (κ1) is 16.6. The Morgan fingerprint density at radius 1 is 1.43 bits per heavy atom. The zero-order chi connectivity index (χ0) is 17.0. The van der Waals surface area contributed by atoms with Gasteiger partial charge in [0.1, 0.15) is 11.8 Å². The summed E-state index contributed by atoms with van der Waals surface area (Å²) in [6.45, 7) is 0. The fraction of sp³-hybridized carbons (Fsp3) is 0.286. The maximum absolute atomic E-state index is 11.1. The van der Waals surface area contributed by atoms with Crippen LogP contribution in [0.25, 0.3) is 5.69 Å². The van der Waals surface area contributed by atoms with E-state index in [9.17, 15) is 25.1 Å². The Kier molecular flexibility index (Phi) is 5.04. The molecule has 2 atom stereocenters. The standard InChI is InChI=1S/C14H15N3O6/c1-23-13(19)6-12(18)14(20)9-7-15-16(8-9)10-4-2-3-5-11(10)17(21)22/h2-5,7-8,12,14,18,20H,6H2,1H3. The minimum Gasteiger partial charge on any atom is -0.469 e. The second kappa shape index (κ2) is 6.99. The predicted molar refractivity (Wildman–Crippen MR) is 77.8 cm³/mol. The first-order chi connectivity index (χ1) is 10.9. The highest BCUT2D eigenvalue weighted by molar-refractivity contribution is 5.69. The Morgan fingerprint density at radius 2 is 2.13 bits per heavy atom. The number of aromatic nitrogens is 2. The molecule has 0 saturated carbocycles. The summed E-state index contributed by atoms with van der Waals surface area (Å²) in [5, 5.41) is 34.8. The average molecular weight is 321 g/mol. The van der Waals surface area contributed by atoms with Crippen LogP contribution in [0.15, 0.2) is 36.7 Å². The number of nitro benzene ring substituents is 1. The van der Waals surface area contributed by atoms with Gasteiger partial charge in [-0.3, -0.25) is 14.9 Å². The maximum Gasteiger partial charge on any atom is 0.308 e. The van der Waals surface area contributed by atoms with Gasteiger partial charge in [-0.05, 0) is 6.07 Å². The van der Waals surface area contributed by atoms with Gasteiger partial charge in [-0.1, -0.05) is 12.1 Å². The summed E-state index contributed by atoms with van der Waals surface area (Å²) in [7, 11) is 1.17. The number of esters is 1. The van der Waals surface area contributed by atoms with E-state index in [1.807, 2.05) is 0 Å². The molecule has 0 fully saturated rings. The van der Waals surface area contributed by atoms with Crippen LogP contribution in [-0.4, -0.2) is 44.1 Å². The van der Waals surface area contributed by atoms with E-state index >= 15 is 0 Å². The van der Waals surface area contributed by atoms with E-state index in [4.69, 9.17) is 0 Å². The van der Waals surface area contributed by atoms with Crippen LogP contribution >= 0.6 is 0 Å². The summed E-state index contributed by atoms with van der Waals surface area (Å²) in [6.07, 6.45) is -0.500. The number of aliphatic hydroxyl groups is 2. The van der Waals surface area contributed by atoms with E-state index in [1.165, 1.54) is 42.4 Å². The number of nitro groups is 1. The lowest BCUT2D eigenvalue weighted by Gasteiger charge is -2.14. The largest absolute Gasteiger partial charge is 0.469 e. The molecule has 2 aromatic rings. The van der Waals surface area contributed by atoms with Crippen molar-refractivity contribution in [1.82, 2.24) is 9.78 Å². The molecule has 0 amide bonds. The van der Waals surface area contributed by atoms with Gasteiger partial charge < -0.3 is 14.9 Å². The molecular formula is C14H15N3O6. The van der Waals surface area contributed by atoms with Crippen molar-refractivity contribution in [2.24, 2.45) is 0 Å². The summed E-state index contributed by atoms with van der Waals surface area (Å²) < 4.78 is 5.64. The molecule has 0 aliphatic carbocycles. The summed E-state index contributed by atoms with van der Waals surface area (Å²) in [5.41, 5.74) is 0.296. The van der Waals surface area contributed by atoms with E-state index in [0.29, 0.717) is 0 Å². The van der Waals surface area contributed by atoms with Crippen molar-refractivity contribution < 1.29 is 24.7 Å². The van der Waals surface area contributed by atoms with Crippen molar-refractivity contribution in [3.63, 3.8) is 0 Å². The molecule has 1 aromatic heterocycles. The molecular weight excluding hydrogens is 306 g/mol. The van der Waals surface area contributed by atoms with Crippen LogP contribution in [-0.2, 0) is 9.53 Å². The molecule has 9 nitrogen and oxygen atoms in total. The van der Waals surface area contributed by atoms with E-state index in [-0.39, 0.29) is 23.4 Å². The van der Waals surface area contributed by atoms with Crippen LogP contribution in [0.4, 0.5) is 5.69 Å². The van der Waals surface area contributed by atoms with Crippen LogP contribution in [0.3, 0.4) is 0 Å². The number of hydrogen-bond acceptors (Lipinski definition) is 7. The van der Waals surface area contributed by atoms with Crippen molar-refractivity contribution in [2.45, 2.75) is 18.6 Å². The Bertz CT molecular complexity index is 714. The third-order valence-corrected chi connectivity index (χ3v) is 3.24. The van der Waals surface area contributed by atoms with Crippen molar-refractivity contribution >= 4 is 11.7 Å². The quantitative estimate of drug-likeness (QED) is 0.456. The van der Waals surface area contributed by atoms with Crippen molar-refractivity contribution in [2.75, 3.05) is 7.11 Å². The topological polar surface area (TPSA) is 128 Å². The number of methoxy groups -OCH3 is 1. The van der Waals surface area contributed by atoms with E-state index in [2.05, 4.69) is 9.84 Å². The third-order valence-electron chi connectivity index (χ3n) is 3.24. The molecule has 2 unspecified atom stereocenters. The van der Waals surface area contributed by atoms with Crippen LogP contribution < -0.4 is 0 Å². The Hall–Kier alpha value is -2.78. The molecule has 0 aliphatic heterocycles. The fourth-order valence-electron chi connectivity index (χ4n) is 2.02. The first-order valence-electron chi connectivity index (χ1n) is 6.65. The Labute approximate surface area is 130 Å². The minimum atomic E-state index is -1.37. The summed E-state index contributed by atoms with van der Waals surface area (Å²) >= 11 is 0. The first-order valence-corrected chi connectivity index (χ1v) is 6.65. The Morgan fingerprint density at radius 3 is 2.78 bits per heavy atom. The molecule has 0 bridgehead atoms. The zero-order valence-corrected chi connectivity index (χ0v) is 12.2. The van der Waals surface area contributed by atoms with Gasteiger partial charge in [0.05, 0.1) is 30.8 Å². The minimum absolute atomic E-state index is 0.147. The highest BCUT2D eigenvalue weighted by Gasteiger charge is 2.24. The zero-order valence-electron chi connectivity index (χ0n) is 12.2. The molecule has 0 aliphatic rings. The number of aliphatic hydroxyl groups excluding tert-OH is 2. The molecule has 2 N–H and O–H groups in total. The van der Waals surface area contributed by atoms with Gasteiger partial charge in [0.15, 0.2) is 0 Å². The summed E-state index contributed by atoms with van der Waals surface area (Å²) in [6, 6.07) is 5.98. The van der Waals surface area contributed by atoms with Crippen LogP contribution in [0.5, 0.6) is 0 Å². The highest BCUT2D eigenvalue weighted by Crippen LogP contribution is 2.24. The smallest absolute Gasteiger partial charge is 0.308 e. The van der Waals surface area contributed by atoms with Gasteiger partial charge in [-0.25, -0.2) is 4.68 Å². The van der Waals surface area contributed by atoms with Gasteiger partial charge in [-0.15, -0.1) is 0 Å². The lowest BCUT2D eigenvalue weighted by atomic mass is 10.1. The van der Waals surface area contributed by atoms with E-state index < -0.39 is 23.1 Å². The number of nitrogens with zero attached hydrogens (tertiary/aromatic N) is 3. The fourth-order valence-corrected chi connectivity index (χ4v) is 2.02. The molecule has 0 spiro atoms. The van der Waals surface area contributed by atoms with E-state index in [1.54, 1.807) is 6.07 Å². The molecule has 1 aromatic carbocycles. The average Bonchev–Trinajstić information content (AvgIpc) is 3.03. The van der Waals surface area contributed by atoms with Crippen molar-refractivity contribution in [3.05, 3.63) is 52.3 Å². The van der Waals surface area contributed by atoms with Crippen LogP contribution in [0.2, 0.25) is 0 Å². The number of rotatable bonds is 6. The molecule has 2 rings (SSSR count). The normalized spacial score (nSPS) is 13.3. The third kappa shape index (κ3) is 3.71. The monoisotopic (exact) mass is 321 g/mol. The van der Waals surface area contributed by atoms with Crippen molar-refractivity contribution in [3.8, 4) is 5.69 Å². The molecule has 0 radical (unpaired) electrons. The number of benzene rings is 1. The Balaban J connectivity index is 2.24. The molecule has 1 heterocycles. The van der Waals surface area contributed by atoms with Crippen LogP contribution in [0.1, 0.15) is 18.1 Å². The number of ether oxygens (including phenoxy) is 1.